The Balaban J connectivity index is 1.59. The summed E-state index contributed by atoms with van der Waals surface area (Å²) in [6, 6.07) is 2.04. The number of pyridine rings is 1. The fourth-order valence-corrected chi connectivity index (χ4v) is 4.55. The molecule has 0 aromatic carbocycles. The minimum absolute atomic E-state index is 0.0167. The molecule has 2 heterocycles. The van der Waals surface area contributed by atoms with E-state index in [4.69, 9.17) is 5.73 Å². The highest BCUT2D eigenvalue weighted by Gasteiger charge is 2.42. The predicted octanol–water partition coefficient (Wildman–Crippen LogP) is 1.52. The number of carbonyl (C=O) groups is 2. The molecule has 1 aromatic rings. The predicted molar refractivity (Wildman–Crippen MR) is 86.8 cm³/mol. The van der Waals surface area contributed by atoms with Gasteiger partial charge in [-0.15, -0.1) is 0 Å². The summed E-state index contributed by atoms with van der Waals surface area (Å²) in [6.07, 6.45) is 8.44. The quantitative estimate of drug-likeness (QED) is 0.822. The molecule has 6 nitrogen and oxygen atoms in total. The van der Waals surface area contributed by atoms with E-state index in [1.165, 1.54) is 6.42 Å². The van der Waals surface area contributed by atoms with Gasteiger partial charge in [0.25, 0.3) is 0 Å². The first-order valence-electron chi connectivity index (χ1n) is 8.44. The summed E-state index contributed by atoms with van der Waals surface area (Å²) in [5.74, 6) is 0.790. The molecule has 122 valence electrons. The van der Waals surface area contributed by atoms with Gasteiger partial charge < -0.3 is 16.0 Å². The van der Waals surface area contributed by atoms with Crippen LogP contribution in [0.3, 0.4) is 0 Å². The van der Waals surface area contributed by atoms with E-state index in [9.17, 15) is 9.59 Å². The first-order valence-corrected chi connectivity index (χ1v) is 8.44. The largest absolute Gasteiger partial charge is 0.327 e. The van der Waals surface area contributed by atoms with Crippen LogP contribution in [0.1, 0.15) is 32.1 Å². The molecule has 3 aliphatic rings. The number of nitrogens with two attached hydrogens (primary N) is 1. The molecule has 2 aliphatic carbocycles. The van der Waals surface area contributed by atoms with Gasteiger partial charge in [-0.25, -0.2) is 0 Å². The van der Waals surface area contributed by atoms with Gasteiger partial charge >= 0.3 is 0 Å². The molecule has 2 amide bonds. The van der Waals surface area contributed by atoms with Crippen molar-refractivity contribution >= 4 is 23.2 Å². The van der Waals surface area contributed by atoms with Crippen LogP contribution in [-0.2, 0) is 9.59 Å². The molecule has 23 heavy (non-hydrogen) atoms. The Kier molecular flexibility index (Phi) is 3.56. The van der Waals surface area contributed by atoms with Gasteiger partial charge in [-0.3, -0.25) is 14.6 Å². The lowest BCUT2D eigenvalue weighted by Crippen LogP contribution is -2.51. The lowest BCUT2D eigenvalue weighted by atomic mass is 9.65. The third-order valence-electron chi connectivity index (χ3n) is 5.69. The maximum Gasteiger partial charge on any atom is 0.244 e. The number of hydrogen-bond acceptors (Lipinski definition) is 4. The average Bonchev–Trinajstić information content (AvgIpc) is 2.53. The minimum Gasteiger partial charge on any atom is -0.327 e. The minimum atomic E-state index is -0.161. The standard InChI is InChI=1S/C17H22N4O2/c18-16-10-2-1-3-11(16)7-12(6-10)17(23)21-9-15(22)20-13-8-19-5-4-14(13)21/h4-5,8,10-12,16H,1-3,6-7,9,18H2,(H,20,22). The first-order chi connectivity index (χ1) is 11.1. The van der Waals surface area contributed by atoms with Crippen molar-refractivity contribution in [3.05, 3.63) is 18.5 Å². The van der Waals surface area contributed by atoms with Gasteiger partial charge in [0.2, 0.25) is 11.8 Å². The van der Waals surface area contributed by atoms with E-state index in [1.54, 1.807) is 23.4 Å². The van der Waals surface area contributed by atoms with Crippen molar-refractivity contribution in [1.82, 2.24) is 4.98 Å². The number of rotatable bonds is 1. The van der Waals surface area contributed by atoms with E-state index < -0.39 is 0 Å². The third kappa shape index (κ3) is 2.51. The monoisotopic (exact) mass is 314 g/mol. The van der Waals surface area contributed by atoms with E-state index >= 15 is 0 Å². The molecule has 3 N–H and O–H groups in total. The maximum atomic E-state index is 13.1. The Hall–Kier alpha value is -1.95. The highest BCUT2D eigenvalue weighted by molar-refractivity contribution is 6.10. The Bertz CT molecular complexity index is 633. The molecule has 0 saturated heterocycles. The van der Waals surface area contributed by atoms with Crippen molar-refractivity contribution in [1.29, 1.82) is 0 Å². The third-order valence-corrected chi connectivity index (χ3v) is 5.69. The Morgan fingerprint density at radius 1 is 1.30 bits per heavy atom. The summed E-state index contributed by atoms with van der Waals surface area (Å²) in [6.45, 7) is 0.0910. The van der Waals surface area contributed by atoms with Gasteiger partial charge in [0.15, 0.2) is 0 Å². The number of hydrogen-bond donors (Lipinski definition) is 2. The zero-order valence-electron chi connectivity index (χ0n) is 13.1. The summed E-state index contributed by atoms with van der Waals surface area (Å²) in [5.41, 5.74) is 7.70. The van der Waals surface area contributed by atoms with Crippen LogP contribution in [0, 0.1) is 17.8 Å². The zero-order chi connectivity index (χ0) is 16.0. The molecule has 0 radical (unpaired) electrons. The molecule has 6 heteroatoms. The van der Waals surface area contributed by atoms with Crippen LogP contribution in [0.15, 0.2) is 18.5 Å². The highest BCUT2D eigenvalue weighted by Crippen LogP contribution is 2.43. The van der Waals surface area contributed by atoms with E-state index in [1.807, 2.05) is 0 Å². The van der Waals surface area contributed by atoms with Crippen molar-refractivity contribution in [3.63, 3.8) is 0 Å². The van der Waals surface area contributed by atoms with Gasteiger partial charge in [-0.05, 0) is 43.6 Å². The molecule has 2 fully saturated rings. The summed E-state index contributed by atoms with van der Waals surface area (Å²) < 4.78 is 0. The van der Waals surface area contributed by atoms with E-state index in [2.05, 4.69) is 10.3 Å². The molecule has 2 atom stereocenters. The zero-order valence-corrected chi connectivity index (χ0v) is 13.1. The number of nitrogens with one attached hydrogen (secondary N) is 1. The van der Waals surface area contributed by atoms with Crippen molar-refractivity contribution < 1.29 is 9.59 Å². The van der Waals surface area contributed by atoms with Crippen LogP contribution in [-0.4, -0.2) is 29.4 Å². The molecule has 1 aliphatic heterocycles. The van der Waals surface area contributed by atoms with Crippen molar-refractivity contribution in [2.24, 2.45) is 23.5 Å². The molecule has 2 unspecified atom stereocenters. The Morgan fingerprint density at radius 3 is 2.78 bits per heavy atom. The second kappa shape index (κ2) is 5.60. The molecule has 2 bridgehead atoms. The summed E-state index contributed by atoms with van der Waals surface area (Å²) in [5, 5.41) is 2.78. The van der Waals surface area contributed by atoms with E-state index in [0.717, 1.165) is 31.4 Å². The van der Waals surface area contributed by atoms with Crippen LogP contribution in [0.25, 0.3) is 0 Å². The lowest BCUT2D eigenvalue weighted by Gasteiger charge is -2.44. The van der Waals surface area contributed by atoms with Crippen LogP contribution < -0.4 is 16.0 Å². The fourth-order valence-electron chi connectivity index (χ4n) is 4.55. The van der Waals surface area contributed by atoms with Crippen LogP contribution >= 0.6 is 0 Å². The van der Waals surface area contributed by atoms with E-state index in [-0.39, 0.29) is 30.3 Å². The summed E-state index contributed by atoms with van der Waals surface area (Å²) in [7, 11) is 0. The van der Waals surface area contributed by atoms with Gasteiger partial charge in [0.1, 0.15) is 6.54 Å². The Labute approximate surface area is 135 Å². The van der Waals surface area contributed by atoms with Gasteiger partial charge in [0.05, 0.1) is 17.6 Å². The lowest BCUT2D eigenvalue weighted by molar-refractivity contribution is -0.127. The number of nitrogens with zero attached hydrogens (tertiary/aromatic N) is 2. The SMILES string of the molecule is NC1C2CCCC1CC(C(=O)N1CC(=O)Nc3cnccc31)C2. The average molecular weight is 314 g/mol. The van der Waals surface area contributed by atoms with Crippen molar-refractivity contribution in [3.8, 4) is 0 Å². The summed E-state index contributed by atoms with van der Waals surface area (Å²) in [4.78, 5) is 30.7. The topological polar surface area (TPSA) is 88.3 Å². The maximum absolute atomic E-state index is 13.1. The van der Waals surface area contributed by atoms with Gasteiger partial charge in [-0.1, -0.05) is 6.42 Å². The van der Waals surface area contributed by atoms with Crippen molar-refractivity contribution in [2.45, 2.75) is 38.1 Å². The molecule has 4 rings (SSSR count). The number of aromatic nitrogens is 1. The normalized spacial score (nSPS) is 32.9. The summed E-state index contributed by atoms with van der Waals surface area (Å²) >= 11 is 0. The van der Waals surface area contributed by atoms with E-state index in [0.29, 0.717) is 17.5 Å². The van der Waals surface area contributed by atoms with Gasteiger partial charge in [-0.2, -0.15) is 0 Å². The van der Waals surface area contributed by atoms with Crippen LogP contribution in [0.5, 0.6) is 0 Å². The number of carbonyl (C=O) groups excluding carboxylic acids is 2. The second-order valence-corrected chi connectivity index (χ2v) is 7.06. The van der Waals surface area contributed by atoms with Crippen molar-refractivity contribution in [2.75, 3.05) is 16.8 Å². The fraction of sp³-hybridized carbons (Fsp3) is 0.588. The Morgan fingerprint density at radius 2 is 2.04 bits per heavy atom. The number of amides is 2. The first kappa shape index (κ1) is 14.6. The molecule has 1 aromatic heterocycles. The molecule has 2 saturated carbocycles. The number of fused-ring (bicyclic) bond motifs is 3. The molecular weight excluding hydrogens is 292 g/mol. The van der Waals surface area contributed by atoms with Gasteiger partial charge in [0, 0.05) is 18.2 Å². The number of anilines is 2. The smallest absolute Gasteiger partial charge is 0.244 e. The second-order valence-electron chi connectivity index (χ2n) is 7.06. The molecular formula is C17H22N4O2. The van der Waals surface area contributed by atoms with Crippen LogP contribution in [0.2, 0.25) is 0 Å². The van der Waals surface area contributed by atoms with Crippen LogP contribution in [0.4, 0.5) is 11.4 Å². The highest BCUT2D eigenvalue weighted by atomic mass is 16.2. The molecule has 0 spiro atoms.